The van der Waals surface area contributed by atoms with Crippen LogP contribution in [0, 0.1) is 10.7 Å². The number of nitrogens with one attached hydrogen (secondary N) is 1. The van der Waals surface area contributed by atoms with Crippen LogP contribution in [0.1, 0.15) is 20.7 Å². The van der Waals surface area contributed by atoms with E-state index in [0.29, 0.717) is 7.14 Å². The van der Waals surface area contributed by atoms with Crippen molar-refractivity contribution in [3.63, 3.8) is 0 Å². The lowest BCUT2D eigenvalue weighted by Crippen LogP contribution is -2.40. The molecule has 0 fully saturated rings. The molecule has 114 valence electrons. The Kier molecular flexibility index (Phi) is 6.45. The maximum Gasteiger partial charge on any atom is 0.337 e. The van der Waals surface area contributed by atoms with E-state index in [1.165, 1.54) is 14.1 Å². The highest BCUT2D eigenvalue weighted by molar-refractivity contribution is 14.1. The monoisotopic (exact) mass is 629 g/mol. The van der Waals surface area contributed by atoms with Crippen LogP contribution in [0.3, 0.4) is 0 Å². The highest BCUT2D eigenvalue weighted by Crippen LogP contribution is 2.34. The van der Waals surface area contributed by atoms with Crippen molar-refractivity contribution in [3.05, 3.63) is 21.8 Å². The third kappa shape index (κ3) is 3.52. The smallest absolute Gasteiger partial charge is 0.337 e. The van der Waals surface area contributed by atoms with E-state index in [1.54, 1.807) is 22.6 Å². The molecule has 0 radical (unpaired) electrons. The molecule has 0 spiro atoms. The van der Waals surface area contributed by atoms with Gasteiger partial charge in [0.2, 0.25) is 0 Å². The number of benzene rings is 1. The van der Waals surface area contributed by atoms with Crippen molar-refractivity contribution in [1.29, 1.82) is 0 Å². The highest BCUT2D eigenvalue weighted by atomic mass is 127. The molecule has 7 nitrogen and oxygen atoms in total. The van der Waals surface area contributed by atoms with Gasteiger partial charge in [-0.05, 0) is 67.8 Å². The van der Waals surface area contributed by atoms with Gasteiger partial charge in [-0.15, -0.1) is 0 Å². The maximum absolute atomic E-state index is 12.4. The lowest BCUT2D eigenvalue weighted by atomic mass is 10.1. The number of amides is 3. The summed E-state index contributed by atoms with van der Waals surface area (Å²) in [7, 11) is 2.70. The average molecular weight is 629 g/mol. The van der Waals surface area contributed by atoms with E-state index >= 15 is 0 Å². The summed E-state index contributed by atoms with van der Waals surface area (Å²) in [6.07, 6.45) is 0. The van der Waals surface area contributed by atoms with Crippen LogP contribution >= 0.6 is 67.8 Å². The lowest BCUT2D eigenvalue weighted by Gasteiger charge is -2.19. The third-order valence-corrected chi connectivity index (χ3v) is 5.92. The Labute approximate surface area is 161 Å². The molecule has 1 rings (SSSR count). The molecule has 0 aliphatic carbocycles. The number of carboxylic acids is 1. The summed E-state index contributed by atoms with van der Waals surface area (Å²) >= 11 is 5.49. The number of carbonyl (C=O) groups is 3. The normalized spacial score (nSPS) is 10.1. The van der Waals surface area contributed by atoms with Gasteiger partial charge >= 0.3 is 12.0 Å². The molecule has 0 atom stereocenters. The molecule has 1 aromatic carbocycles. The van der Waals surface area contributed by atoms with Crippen LogP contribution in [-0.2, 0) is 0 Å². The molecular formula is C11H10I3N3O4. The Morgan fingerprint density at radius 3 is 2.00 bits per heavy atom. The number of aromatic carboxylic acids is 1. The van der Waals surface area contributed by atoms with Gasteiger partial charge in [0.15, 0.2) is 0 Å². The maximum atomic E-state index is 12.4. The van der Waals surface area contributed by atoms with Crippen molar-refractivity contribution in [2.75, 3.05) is 19.8 Å². The van der Waals surface area contributed by atoms with Gasteiger partial charge < -0.3 is 16.2 Å². The second-order valence-corrected chi connectivity index (χ2v) is 7.07. The number of anilines is 1. The second-order valence-electron chi connectivity index (χ2n) is 3.83. The fourth-order valence-corrected chi connectivity index (χ4v) is 5.58. The fraction of sp³-hybridized carbons (Fsp3) is 0.182. The van der Waals surface area contributed by atoms with Crippen LogP contribution in [0.25, 0.3) is 0 Å². The van der Waals surface area contributed by atoms with Crippen LogP contribution in [-0.4, -0.2) is 42.0 Å². The number of carboxylic acid groups (broad SMARTS) is 1. The van der Waals surface area contributed by atoms with Gasteiger partial charge in [-0.3, -0.25) is 9.69 Å². The summed E-state index contributed by atoms with van der Waals surface area (Å²) in [5.41, 5.74) is 6.16. The summed E-state index contributed by atoms with van der Waals surface area (Å²) < 4.78 is 1.05. The fourth-order valence-electron chi connectivity index (χ4n) is 1.49. The van der Waals surface area contributed by atoms with Crippen molar-refractivity contribution in [2.24, 2.45) is 0 Å². The molecule has 0 bridgehead atoms. The van der Waals surface area contributed by atoms with Crippen molar-refractivity contribution < 1.29 is 19.5 Å². The highest BCUT2D eigenvalue weighted by Gasteiger charge is 2.29. The van der Waals surface area contributed by atoms with Crippen LogP contribution < -0.4 is 11.1 Å². The predicted octanol–water partition coefficient (Wildman–Crippen LogP) is 2.19. The van der Waals surface area contributed by atoms with Gasteiger partial charge in [0.25, 0.3) is 5.91 Å². The largest absolute Gasteiger partial charge is 0.478 e. The number of hydrogen-bond donors (Lipinski definition) is 3. The van der Waals surface area contributed by atoms with Gasteiger partial charge in [-0.1, -0.05) is 0 Å². The average Bonchev–Trinajstić information content (AvgIpc) is 2.42. The third-order valence-electron chi connectivity index (χ3n) is 2.60. The zero-order valence-corrected chi connectivity index (χ0v) is 17.3. The molecule has 0 aliphatic heterocycles. The first-order valence-electron chi connectivity index (χ1n) is 5.34. The number of halogens is 3. The van der Waals surface area contributed by atoms with E-state index in [4.69, 9.17) is 5.73 Å². The van der Waals surface area contributed by atoms with Gasteiger partial charge in [-0.2, -0.15) is 0 Å². The van der Waals surface area contributed by atoms with Gasteiger partial charge in [0.1, 0.15) is 0 Å². The number of imide groups is 1. The molecule has 0 saturated heterocycles. The Hall–Kier alpha value is -0.380. The molecule has 0 unspecified atom stereocenters. The van der Waals surface area contributed by atoms with Crippen LogP contribution in [0.4, 0.5) is 10.5 Å². The molecule has 4 N–H and O–H groups in total. The predicted molar refractivity (Wildman–Crippen MR) is 103 cm³/mol. The first-order chi connectivity index (χ1) is 9.64. The molecule has 0 aromatic heterocycles. The standard InChI is InChI=1S/C11H10I3N3O4/c1-16-11(21)17(2)9(18)3-5(12)4(10(19)20)7(14)8(15)6(3)13/h15H2,1-2H3,(H,16,21)(H,19,20). The number of nitrogens with two attached hydrogens (primary N) is 1. The molecule has 0 aliphatic rings. The van der Waals surface area contributed by atoms with Crippen molar-refractivity contribution in [3.8, 4) is 0 Å². The molecule has 10 heteroatoms. The first kappa shape index (κ1) is 18.7. The lowest BCUT2D eigenvalue weighted by molar-refractivity contribution is 0.0694. The summed E-state index contributed by atoms with van der Waals surface area (Å²) in [5, 5.41) is 11.6. The molecule has 0 heterocycles. The number of nitrogen functional groups attached to an aromatic ring is 1. The van der Waals surface area contributed by atoms with Crippen molar-refractivity contribution in [2.45, 2.75) is 0 Å². The van der Waals surface area contributed by atoms with Crippen molar-refractivity contribution in [1.82, 2.24) is 10.2 Å². The van der Waals surface area contributed by atoms with Crippen LogP contribution in [0.5, 0.6) is 0 Å². The van der Waals surface area contributed by atoms with E-state index in [9.17, 15) is 19.5 Å². The van der Waals surface area contributed by atoms with E-state index in [0.717, 1.165) is 4.90 Å². The Morgan fingerprint density at radius 1 is 1.10 bits per heavy atom. The second kappa shape index (κ2) is 7.26. The summed E-state index contributed by atoms with van der Waals surface area (Å²) in [5.74, 6) is -1.79. The molecule has 1 aromatic rings. The Balaban J connectivity index is 3.61. The minimum Gasteiger partial charge on any atom is -0.478 e. The van der Waals surface area contributed by atoms with Gasteiger partial charge in [0.05, 0.1) is 24.0 Å². The topological polar surface area (TPSA) is 113 Å². The molecule has 21 heavy (non-hydrogen) atoms. The number of nitrogens with zero attached hydrogens (tertiary/aromatic N) is 1. The minimum absolute atomic E-state index is 0.0391. The van der Waals surface area contributed by atoms with E-state index in [-0.39, 0.29) is 20.4 Å². The van der Waals surface area contributed by atoms with E-state index in [2.05, 4.69) is 5.32 Å². The quantitative estimate of drug-likeness (QED) is 0.344. The molecule has 0 saturated carbocycles. The van der Waals surface area contributed by atoms with Crippen LogP contribution in [0.2, 0.25) is 0 Å². The van der Waals surface area contributed by atoms with Gasteiger partial charge in [0, 0.05) is 17.7 Å². The van der Waals surface area contributed by atoms with Gasteiger partial charge in [-0.25, -0.2) is 9.59 Å². The minimum atomic E-state index is -1.18. The number of carbonyl (C=O) groups excluding carboxylic acids is 2. The van der Waals surface area contributed by atoms with Crippen LogP contribution in [0.15, 0.2) is 0 Å². The first-order valence-corrected chi connectivity index (χ1v) is 8.57. The number of rotatable bonds is 2. The SMILES string of the molecule is CNC(=O)N(C)C(=O)c1c(I)c(N)c(I)c(C(=O)O)c1I. The van der Waals surface area contributed by atoms with E-state index in [1.807, 2.05) is 45.2 Å². The molecule has 3 amide bonds. The van der Waals surface area contributed by atoms with Crippen molar-refractivity contribution >= 4 is 91.4 Å². The zero-order chi connectivity index (χ0) is 16.5. The zero-order valence-electron chi connectivity index (χ0n) is 10.8. The number of hydrogen-bond acceptors (Lipinski definition) is 4. The Morgan fingerprint density at radius 2 is 1.57 bits per heavy atom. The van der Waals surface area contributed by atoms with E-state index < -0.39 is 17.9 Å². The molecular weight excluding hydrogens is 619 g/mol. The summed E-state index contributed by atoms with van der Waals surface area (Å²) in [4.78, 5) is 36.2. The number of urea groups is 1. The Bertz CT molecular complexity index is 648. The summed E-state index contributed by atoms with van der Waals surface area (Å²) in [6, 6.07) is -0.597. The summed E-state index contributed by atoms with van der Waals surface area (Å²) in [6.45, 7) is 0.